The topological polar surface area (TPSA) is 41.2 Å². The van der Waals surface area contributed by atoms with Gasteiger partial charge in [0.25, 0.3) is 0 Å². The Morgan fingerprint density at radius 1 is 1.29 bits per heavy atom. The lowest BCUT2D eigenvalue weighted by Gasteiger charge is -2.36. The number of piperidine rings is 1. The molecule has 1 aromatic heterocycles. The van der Waals surface area contributed by atoms with Crippen molar-refractivity contribution in [2.24, 2.45) is 7.05 Å². The molecule has 2 aromatic rings. The molecule has 0 amide bonds. The summed E-state index contributed by atoms with van der Waals surface area (Å²) in [5, 5.41) is 9.25. The van der Waals surface area contributed by atoms with Crippen LogP contribution in [0.3, 0.4) is 0 Å². The van der Waals surface area contributed by atoms with Crippen molar-refractivity contribution in [2.45, 2.75) is 38.8 Å². The average molecular weight is 323 g/mol. The number of ether oxygens (including phenoxy) is 1. The molecule has 1 aliphatic rings. The Hall–Kier alpha value is -2.25. The van der Waals surface area contributed by atoms with Crippen molar-refractivity contribution in [3.05, 3.63) is 52.8 Å². The summed E-state index contributed by atoms with van der Waals surface area (Å²) in [6.45, 7) is 4.09. The molecule has 0 spiro atoms. The van der Waals surface area contributed by atoms with E-state index < -0.39 is 0 Å². The van der Waals surface area contributed by atoms with E-state index in [1.807, 2.05) is 23.7 Å². The van der Waals surface area contributed by atoms with Crippen LogP contribution in [0.4, 0.5) is 0 Å². The van der Waals surface area contributed by atoms with Crippen molar-refractivity contribution >= 4 is 0 Å². The minimum atomic E-state index is 0.416. The van der Waals surface area contributed by atoms with Gasteiger partial charge in [0.05, 0.1) is 7.11 Å². The lowest BCUT2D eigenvalue weighted by Crippen LogP contribution is -2.33. The fourth-order valence-electron chi connectivity index (χ4n) is 3.66. The molecule has 1 aliphatic heterocycles. The Bertz CT molecular complexity index is 757. The molecular formula is C20H25N3O. The van der Waals surface area contributed by atoms with Gasteiger partial charge in [-0.3, -0.25) is 4.90 Å². The zero-order chi connectivity index (χ0) is 17.1. The third-order valence-electron chi connectivity index (χ3n) is 5.22. The summed E-state index contributed by atoms with van der Waals surface area (Å²) in [6.07, 6.45) is 3.66. The Labute approximate surface area is 144 Å². The molecule has 0 unspecified atom stereocenters. The Morgan fingerprint density at radius 3 is 2.83 bits per heavy atom. The second-order valence-corrected chi connectivity index (χ2v) is 6.57. The van der Waals surface area contributed by atoms with Crippen molar-refractivity contribution in [1.82, 2.24) is 9.47 Å². The van der Waals surface area contributed by atoms with Crippen molar-refractivity contribution in [2.75, 3.05) is 13.7 Å². The summed E-state index contributed by atoms with van der Waals surface area (Å²) in [6, 6.07) is 13.2. The Morgan fingerprint density at radius 2 is 2.12 bits per heavy atom. The fraction of sp³-hybridized carbons (Fsp3) is 0.450. The van der Waals surface area contributed by atoms with E-state index in [1.54, 1.807) is 7.11 Å². The van der Waals surface area contributed by atoms with E-state index in [-0.39, 0.29) is 0 Å². The first-order chi connectivity index (χ1) is 11.6. The zero-order valence-corrected chi connectivity index (χ0v) is 14.7. The predicted octanol–water partition coefficient (Wildman–Crippen LogP) is 3.94. The molecule has 24 heavy (non-hydrogen) atoms. The van der Waals surface area contributed by atoms with E-state index in [1.165, 1.54) is 36.1 Å². The van der Waals surface area contributed by atoms with E-state index in [0.29, 0.717) is 6.04 Å². The number of methoxy groups -OCH3 is 1. The number of nitrogens with zero attached hydrogens (tertiary/aromatic N) is 3. The van der Waals surface area contributed by atoms with Crippen LogP contribution in [-0.2, 0) is 13.6 Å². The highest BCUT2D eigenvalue weighted by atomic mass is 16.5. The van der Waals surface area contributed by atoms with Crippen LogP contribution in [0.15, 0.2) is 30.3 Å². The first-order valence-electron chi connectivity index (χ1n) is 8.57. The van der Waals surface area contributed by atoms with Crippen LogP contribution in [0.5, 0.6) is 5.75 Å². The van der Waals surface area contributed by atoms with Crippen molar-refractivity contribution in [1.29, 1.82) is 5.26 Å². The number of rotatable bonds is 4. The second-order valence-electron chi connectivity index (χ2n) is 6.57. The van der Waals surface area contributed by atoms with Crippen LogP contribution in [0.25, 0.3) is 0 Å². The predicted molar refractivity (Wildman–Crippen MR) is 94.9 cm³/mol. The molecule has 4 heteroatoms. The van der Waals surface area contributed by atoms with Gasteiger partial charge in [0.1, 0.15) is 17.5 Å². The van der Waals surface area contributed by atoms with Crippen molar-refractivity contribution in [3.63, 3.8) is 0 Å². The van der Waals surface area contributed by atoms with Gasteiger partial charge < -0.3 is 9.30 Å². The van der Waals surface area contributed by atoms with Crippen molar-refractivity contribution < 1.29 is 4.74 Å². The molecule has 0 aliphatic carbocycles. The van der Waals surface area contributed by atoms with E-state index >= 15 is 0 Å². The molecule has 0 N–H and O–H groups in total. The third kappa shape index (κ3) is 3.18. The lowest BCUT2D eigenvalue weighted by molar-refractivity contribution is 0.140. The molecule has 2 heterocycles. The molecule has 3 rings (SSSR count). The standard InChI is InChI=1S/C20H25N3O/c1-15-17(11-18(13-21)22(15)2)14-23-10-5-4-9-20(23)16-7-6-8-19(12-16)24-3/h6-8,11-12,20H,4-5,9-10,14H2,1-3H3/t20-/m0/s1. The molecule has 0 bridgehead atoms. The van der Waals surface area contributed by atoms with Gasteiger partial charge in [-0.2, -0.15) is 5.26 Å². The summed E-state index contributed by atoms with van der Waals surface area (Å²) in [5.41, 5.74) is 4.49. The highest BCUT2D eigenvalue weighted by molar-refractivity contribution is 5.35. The van der Waals surface area contributed by atoms with Gasteiger partial charge in [0.15, 0.2) is 0 Å². The minimum absolute atomic E-state index is 0.416. The lowest BCUT2D eigenvalue weighted by atomic mass is 9.94. The maximum atomic E-state index is 9.25. The van der Waals surface area contributed by atoms with Crippen LogP contribution in [0.2, 0.25) is 0 Å². The second kappa shape index (κ2) is 7.11. The number of aromatic nitrogens is 1. The van der Waals surface area contributed by atoms with E-state index in [0.717, 1.165) is 24.5 Å². The van der Waals surface area contributed by atoms with Crippen LogP contribution in [-0.4, -0.2) is 23.1 Å². The summed E-state index contributed by atoms with van der Waals surface area (Å²) in [4.78, 5) is 2.54. The van der Waals surface area contributed by atoms with Gasteiger partial charge in [0, 0.05) is 25.3 Å². The molecule has 126 valence electrons. The maximum absolute atomic E-state index is 9.25. The van der Waals surface area contributed by atoms with Crippen LogP contribution in [0, 0.1) is 18.3 Å². The highest BCUT2D eigenvalue weighted by Crippen LogP contribution is 2.34. The van der Waals surface area contributed by atoms with Gasteiger partial charge in [-0.1, -0.05) is 18.6 Å². The van der Waals surface area contributed by atoms with Crippen LogP contribution < -0.4 is 4.74 Å². The quantitative estimate of drug-likeness (QED) is 0.856. The van der Waals surface area contributed by atoms with Gasteiger partial charge in [0.2, 0.25) is 0 Å². The number of hydrogen-bond donors (Lipinski definition) is 0. The van der Waals surface area contributed by atoms with Gasteiger partial charge in [-0.05, 0) is 55.6 Å². The monoisotopic (exact) mass is 323 g/mol. The van der Waals surface area contributed by atoms with Gasteiger partial charge >= 0.3 is 0 Å². The highest BCUT2D eigenvalue weighted by Gasteiger charge is 2.25. The number of likely N-dealkylation sites (tertiary alicyclic amines) is 1. The number of nitriles is 1. The van der Waals surface area contributed by atoms with E-state index in [9.17, 15) is 5.26 Å². The van der Waals surface area contributed by atoms with Crippen LogP contribution in [0.1, 0.15) is 47.8 Å². The molecule has 1 fully saturated rings. The summed E-state index contributed by atoms with van der Waals surface area (Å²) >= 11 is 0. The largest absolute Gasteiger partial charge is 0.497 e. The summed E-state index contributed by atoms with van der Waals surface area (Å²) < 4.78 is 7.38. The molecular weight excluding hydrogens is 298 g/mol. The molecule has 1 saturated heterocycles. The van der Waals surface area contributed by atoms with Crippen molar-refractivity contribution in [3.8, 4) is 11.8 Å². The van der Waals surface area contributed by atoms with Gasteiger partial charge in [-0.25, -0.2) is 0 Å². The SMILES string of the molecule is COc1cccc([C@@H]2CCCCN2Cc2cc(C#N)n(C)c2C)c1. The molecule has 1 aromatic carbocycles. The minimum Gasteiger partial charge on any atom is -0.497 e. The average Bonchev–Trinajstić information content (AvgIpc) is 2.90. The van der Waals surface area contributed by atoms with E-state index in [2.05, 4.69) is 36.1 Å². The zero-order valence-electron chi connectivity index (χ0n) is 14.7. The molecule has 4 nitrogen and oxygen atoms in total. The third-order valence-corrected chi connectivity index (χ3v) is 5.22. The Kier molecular flexibility index (Phi) is 4.92. The van der Waals surface area contributed by atoms with Crippen LogP contribution >= 0.6 is 0 Å². The molecule has 0 saturated carbocycles. The smallest absolute Gasteiger partial charge is 0.120 e. The first kappa shape index (κ1) is 16.6. The van der Waals surface area contributed by atoms with Gasteiger partial charge in [-0.15, -0.1) is 0 Å². The first-order valence-corrected chi connectivity index (χ1v) is 8.57. The fourth-order valence-corrected chi connectivity index (χ4v) is 3.66. The normalized spacial score (nSPS) is 18.3. The van der Waals surface area contributed by atoms with E-state index in [4.69, 9.17) is 4.74 Å². The summed E-state index contributed by atoms with van der Waals surface area (Å²) in [5.74, 6) is 0.917. The maximum Gasteiger partial charge on any atom is 0.120 e. The molecule has 0 radical (unpaired) electrons. The number of benzene rings is 1. The number of hydrogen-bond acceptors (Lipinski definition) is 3. The Balaban J connectivity index is 1.86. The summed E-state index contributed by atoms with van der Waals surface area (Å²) in [7, 11) is 3.68. The molecule has 1 atom stereocenters.